The summed E-state index contributed by atoms with van der Waals surface area (Å²) in [7, 11) is 0. The topological polar surface area (TPSA) is 35.2 Å². The van der Waals surface area contributed by atoms with Crippen molar-refractivity contribution in [1.82, 2.24) is 0 Å². The molecule has 0 aliphatic carbocycles. The summed E-state index contributed by atoms with van der Waals surface area (Å²) in [6.07, 6.45) is 2.17. The van der Waals surface area contributed by atoms with Crippen LogP contribution in [0.5, 0.6) is 0 Å². The SMILES string of the molecule is NOCCc1ccc(C2CCSC2)c(Br)c1. The first kappa shape index (κ1) is 12.4. The number of nitrogens with two attached hydrogens (primary N) is 1. The van der Waals surface area contributed by atoms with Gasteiger partial charge in [0.15, 0.2) is 0 Å². The van der Waals surface area contributed by atoms with E-state index < -0.39 is 0 Å². The Hall–Kier alpha value is -0.0300. The summed E-state index contributed by atoms with van der Waals surface area (Å²) < 4.78 is 1.23. The second-order valence-corrected chi connectivity index (χ2v) is 6.04. The number of rotatable bonds is 4. The average molecular weight is 302 g/mol. The molecule has 1 aliphatic heterocycles. The molecule has 2 rings (SSSR count). The van der Waals surface area contributed by atoms with Crippen molar-refractivity contribution in [3.8, 4) is 0 Å². The summed E-state index contributed by atoms with van der Waals surface area (Å²) in [5, 5.41) is 0. The molecule has 2 N–H and O–H groups in total. The molecule has 0 radical (unpaired) electrons. The van der Waals surface area contributed by atoms with Crippen LogP contribution in [0, 0.1) is 0 Å². The van der Waals surface area contributed by atoms with Gasteiger partial charge in [-0.2, -0.15) is 11.8 Å². The van der Waals surface area contributed by atoms with Crippen LogP contribution in [0.1, 0.15) is 23.5 Å². The Morgan fingerprint density at radius 2 is 2.38 bits per heavy atom. The minimum atomic E-state index is 0.574. The first-order chi connectivity index (χ1) is 7.81. The number of thioether (sulfide) groups is 1. The molecule has 1 unspecified atom stereocenters. The van der Waals surface area contributed by atoms with Crippen molar-refractivity contribution in [2.45, 2.75) is 18.8 Å². The van der Waals surface area contributed by atoms with E-state index in [4.69, 9.17) is 5.90 Å². The molecule has 2 nitrogen and oxygen atoms in total. The largest absolute Gasteiger partial charge is 0.304 e. The van der Waals surface area contributed by atoms with E-state index in [1.165, 1.54) is 33.5 Å². The third kappa shape index (κ3) is 3.00. The van der Waals surface area contributed by atoms with Gasteiger partial charge in [0.2, 0.25) is 0 Å². The molecule has 0 aromatic heterocycles. The number of hydrogen-bond acceptors (Lipinski definition) is 3. The molecular weight excluding hydrogens is 286 g/mol. The highest BCUT2D eigenvalue weighted by Crippen LogP contribution is 2.36. The molecule has 16 heavy (non-hydrogen) atoms. The van der Waals surface area contributed by atoms with Crippen LogP contribution in [0.15, 0.2) is 22.7 Å². The summed E-state index contributed by atoms with van der Waals surface area (Å²) in [5.41, 5.74) is 2.72. The first-order valence-electron chi connectivity index (χ1n) is 5.49. The van der Waals surface area contributed by atoms with E-state index in [0.717, 1.165) is 12.3 Å². The van der Waals surface area contributed by atoms with Crippen molar-refractivity contribution in [2.24, 2.45) is 5.90 Å². The molecule has 4 heteroatoms. The van der Waals surface area contributed by atoms with Crippen LogP contribution in [-0.2, 0) is 11.3 Å². The molecule has 0 amide bonds. The van der Waals surface area contributed by atoms with E-state index in [1.54, 1.807) is 0 Å². The Balaban J connectivity index is 2.09. The van der Waals surface area contributed by atoms with Gasteiger partial charge in [-0.15, -0.1) is 0 Å². The van der Waals surface area contributed by atoms with Gasteiger partial charge < -0.3 is 4.84 Å². The monoisotopic (exact) mass is 301 g/mol. The maximum atomic E-state index is 5.03. The van der Waals surface area contributed by atoms with Crippen molar-refractivity contribution in [3.05, 3.63) is 33.8 Å². The first-order valence-corrected chi connectivity index (χ1v) is 7.44. The molecule has 88 valence electrons. The van der Waals surface area contributed by atoms with Gasteiger partial charge in [0.05, 0.1) is 6.61 Å². The zero-order valence-electron chi connectivity index (χ0n) is 9.12. The van der Waals surface area contributed by atoms with Gasteiger partial charge in [-0.05, 0) is 41.7 Å². The Morgan fingerprint density at radius 3 is 3.00 bits per heavy atom. The van der Waals surface area contributed by atoms with Crippen LogP contribution in [0.4, 0.5) is 0 Å². The molecule has 1 aromatic carbocycles. The van der Waals surface area contributed by atoms with Crippen LogP contribution in [0.3, 0.4) is 0 Å². The van der Waals surface area contributed by atoms with Crippen LogP contribution >= 0.6 is 27.7 Å². The smallest absolute Gasteiger partial charge is 0.0719 e. The van der Waals surface area contributed by atoms with Gasteiger partial charge in [-0.25, -0.2) is 5.90 Å². The minimum Gasteiger partial charge on any atom is -0.304 e. The molecular formula is C12H16BrNOS. The molecule has 0 bridgehead atoms. The fourth-order valence-electron chi connectivity index (χ4n) is 2.01. The third-order valence-corrected chi connectivity index (χ3v) is 4.79. The molecule has 1 aromatic rings. The Labute approximate surface area is 109 Å². The van der Waals surface area contributed by atoms with Gasteiger partial charge in [0.1, 0.15) is 0 Å². The van der Waals surface area contributed by atoms with E-state index >= 15 is 0 Å². The van der Waals surface area contributed by atoms with Crippen LogP contribution < -0.4 is 5.90 Å². The van der Waals surface area contributed by atoms with Crippen molar-refractivity contribution in [1.29, 1.82) is 0 Å². The van der Waals surface area contributed by atoms with Gasteiger partial charge in [-0.3, -0.25) is 0 Å². The number of hydrogen-bond donors (Lipinski definition) is 1. The van der Waals surface area contributed by atoms with Crippen molar-refractivity contribution in [2.75, 3.05) is 18.1 Å². The fourth-order valence-corrected chi connectivity index (χ4v) is 4.01. The lowest BCUT2D eigenvalue weighted by Gasteiger charge is -2.12. The Bertz CT molecular complexity index is 353. The molecule has 1 fully saturated rings. The van der Waals surface area contributed by atoms with Crippen molar-refractivity contribution >= 4 is 27.7 Å². The highest BCUT2D eigenvalue weighted by Gasteiger charge is 2.19. The number of halogens is 1. The molecule has 0 spiro atoms. The van der Waals surface area contributed by atoms with E-state index in [-0.39, 0.29) is 0 Å². The maximum Gasteiger partial charge on any atom is 0.0719 e. The van der Waals surface area contributed by atoms with Gasteiger partial charge in [0.25, 0.3) is 0 Å². The average Bonchev–Trinajstić information content (AvgIpc) is 2.80. The van der Waals surface area contributed by atoms with Crippen molar-refractivity contribution in [3.63, 3.8) is 0 Å². The third-order valence-electron chi connectivity index (χ3n) is 2.94. The highest BCUT2D eigenvalue weighted by molar-refractivity contribution is 9.10. The molecule has 1 aliphatic rings. The van der Waals surface area contributed by atoms with Gasteiger partial charge in [-0.1, -0.05) is 28.1 Å². The molecule has 1 saturated heterocycles. The second kappa shape index (κ2) is 6.05. The van der Waals surface area contributed by atoms with E-state index in [1.807, 2.05) is 11.8 Å². The predicted octanol–water partition coefficient (Wildman–Crippen LogP) is 3.10. The summed E-state index contributed by atoms with van der Waals surface area (Å²) in [5.74, 6) is 8.30. The van der Waals surface area contributed by atoms with Gasteiger partial charge >= 0.3 is 0 Å². The lowest BCUT2D eigenvalue weighted by molar-refractivity contribution is 0.141. The minimum absolute atomic E-state index is 0.574. The Kier molecular flexibility index (Phi) is 4.70. The van der Waals surface area contributed by atoms with Crippen LogP contribution in [-0.4, -0.2) is 18.1 Å². The molecule has 0 saturated carbocycles. The second-order valence-electron chi connectivity index (χ2n) is 4.04. The summed E-state index contributed by atoms with van der Waals surface area (Å²) >= 11 is 5.71. The van der Waals surface area contributed by atoms with E-state index in [2.05, 4.69) is 39.0 Å². The lowest BCUT2D eigenvalue weighted by Crippen LogP contribution is -2.04. The van der Waals surface area contributed by atoms with Gasteiger partial charge in [0, 0.05) is 10.2 Å². The standard InChI is InChI=1S/C12H16BrNOS/c13-12-7-9(3-5-15-14)1-2-11(12)10-4-6-16-8-10/h1-2,7,10H,3-6,8,14H2. The number of benzene rings is 1. The quantitative estimate of drug-likeness (QED) is 0.868. The van der Waals surface area contributed by atoms with E-state index in [0.29, 0.717) is 6.61 Å². The lowest BCUT2D eigenvalue weighted by atomic mass is 9.97. The van der Waals surface area contributed by atoms with Crippen LogP contribution in [0.25, 0.3) is 0 Å². The molecule has 1 heterocycles. The predicted molar refractivity (Wildman–Crippen MR) is 72.7 cm³/mol. The summed E-state index contributed by atoms with van der Waals surface area (Å²) in [6, 6.07) is 6.62. The highest BCUT2D eigenvalue weighted by atomic mass is 79.9. The molecule has 1 atom stereocenters. The maximum absolute atomic E-state index is 5.03. The van der Waals surface area contributed by atoms with Crippen LogP contribution in [0.2, 0.25) is 0 Å². The van der Waals surface area contributed by atoms with Crippen molar-refractivity contribution < 1.29 is 4.84 Å². The zero-order valence-corrected chi connectivity index (χ0v) is 11.5. The normalized spacial score (nSPS) is 20.2. The van der Waals surface area contributed by atoms with E-state index in [9.17, 15) is 0 Å². The fraction of sp³-hybridized carbons (Fsp3) is 0.500. The Morgan fingerprint density at radius 1 is 1.50 bits per heavy atom. The zero-order chi connectivity index (χ0) is 11.4. The summed E-state index contributed by atoms with van der Waals surface area (Å²) in [4.78, 5) is 4.60. The summed E-state index contributed by atoms with van der Waals surface area (Å²) in [6.45, 7) is 0.574.